The molecule has 2 rings (SSSR count). The van der Waals surface area contributed by atoms with Crippen LogP contribution in [0.25, 0.3) is 5.69 Å². The van der Waals surface area contributed by atoms with Crippen LogP contribution in [0.2, 0.25) is 0 Å². The van der Waals surface area contributed by atoms with Crippen molar-refractivity contribution in [1.82, 2.24) is 9.55 Å². The fraction of sp³-hybridized carbons (Fsp3) is 0.308. The zero-order chi connectivity index (χ0) is 16.2. The van der Waals surface area contributed by atoms with Gasteiger partial charge in [-0.3, -0.25) is 10.1 Å². The molecule has 0 unspecified atom stereocenters. The molecule has 0 saturated heterocycles. The molecule has 0 aliphatic rings. The standard InChI is InChI=1S/C11H8F3N3O2.C2H6/c1-7-15-10(11(12,13)14)6-16(7)8-2-4-9(5-3-8)17(18)19;1-2/h2-6H,1H3;1-2H3. The molecule has 2 aromatic rings. The Kier molecular flexibility index (Phi) is 5.07. The third kappa shape index (κ3) is 3.80. The molecule has 0 bridgehead atoms. The monoisotopic (exact) mass is 301 g/mol. The molecule has 0 atom stereocenters. The summed E-state index contributed by atoms with van der Waals surface area (Å²) in [6, 6.07) is 5.18. The van der Waals surface area contributed by atoms with E-state index in [1.54, 1.807) is 0 Å². The minimum Gasteiger partial charge on any atom is -0.303 e. The Morgan fingerprint density at radius 1 is 1.19 bits per heavy atom. The molecule has 114 valence electrons. The first-order valence-electron chi connectivity index (χ1n) is 6.17. The van der Waals surface area contributed by atoms with Crippen molar-refractivity contribution in [1.29, 1.82) is 0 Å². The molecule has 5 nitrogen and oxygen atoms in total. The summed E-state index contributed by atoms with van der Waals surface area (Å²) in [5, 5.41) is 10.5. The maximum absolute atomic E-state index is 12.5. The Morgan fingerprint density at radius 3 is 2.10 bits per heavy atom. The number of hydrogen-bond donors (Lipinski definition) is 0. The molecule has 21 heavy (non-hydrogen) atoms. The number of rotatable bonds is 2. The quantitative estimate of drug-likeness (QED) is 0.619. The smallest absolute Gasteiger partial charge is 0.303 e. The van der Waals surface area contributed by atoms with Gasteiger partial charge in [0.2, 0.25) is 0 Å². The van der Waals surface area contributed by atoms with Crippen molar-refractivity contribution in [3.63, 3.8) is 0 Å². The molecule has 0 radical (unpaired) electrons. The first-order chi connectivity index (χ1) is 9.79. The number of aromatic nitrogens is 2. The van der Waals surface area contributed by atoms with Gasteiger partial charge in [-0.2, -0.15) is 13.2 Å². The number of non-ortho nitro benzene ring substituents is 1. The molecule has 0 saturated carbocycles. The first kappa shape index (κ1) is 16.7. The van der Waals surface area contributed by atoms with Gasteiger partial charge < -0.3 is 4.57 Å². The van der Waals surface area contributed by atoms with Gasteiger partial charge in [0.1, 0.15) is 5.82 Å². The number of nitro benzene ring substituents is 1. The molecule has 0 spiro atoms. The number of nitrogens with zero attached hydrogens (tertiary/aromatic N) is 3. The summed E-state index contributed by atoms with van der Waals surface area (Å²) in [6.45, 7) is 5.43. The zero-order valence-corrected chi connectivity index (χ0v) is 11.7. The van der Waals surface area contributed by atoms with Crippen molar-refractivity contribution < 1.29 is 18.1 Å². The average Bonchev–Trinajstić information content (AvgIpc) is 2.83. The predicted molar refractivity (Wildman–Crippen MR) is 71.3 cm³/mol. The van der Waals surface area contributed by atoms with E-state index in [1.165, 1.54) is 35.8 Å². The summed E-state index contributed by atoms with van der Waals surface area (Å²) in [4.78, 5) is 13.3. The average molecular weight is 301 g/mol. The van der Waals surface area contributed by atoms with E-state index < -0.39 is 16.8 Å². The lowest BCUT2D eigenvalue weighted by Gasteiger charge is -2.04. The predicted octanol–water partition coefficient (Wildman–Crippen LogP) is 4.13. The molecule has 8 heteroatoms. The van der Waals surface area contributed by atoms with Crippen LogP contribution in [0.1, 0.15) is 25.4 Å². The Labute approximate surface area is 119 Å². The summed E-state index contributed by atoms with van der Waals surface area (Å²) in [5.74, 6) is 0.154. The van der Waals surface area contributed by atoms with E-state index in [4.69, 9.17) is 0 Å². The van der Waals surface area contributed by atoms with E-state index in [2.05, 4.69) is 4.98 Å². The largest absolute Gasteiger partial charge is 0.434 e. The van der Waals surface area contributed by atoms with Gasteiger partial charge >= 0.3 is 6.18 Å². The number of imidazole rings is 1. The van der Waals surface area contributed by atoms with Crippen molar-refractivity contribution in [2.45, 2.75) is 26.9 Å². The Balaban J connectivity index is 0.00000106. The number of aryl methyl sites for hydroxylation is 1. The molecular formula is C13H14F3N3O2. The van der Waals surface area contributed by atoms with Crippen LogP contribution < -0.4 is 0 Å². The van der Waals surface area contributed by atoms with E-state index in [1.807, 2.05) is 13.8 Å². The number of benzene rings is 1. The molecular weight excluding hydrogens is 287 g/mol. The SMILES string of the molecule is CC.Cc1nc(C(F)(F)F)cn1-c1ccc([N+](=O)[O-])cc1. The van der Waals surface area contributed by atoms with Gasteiger partial charge in [0.25, 0.3) is 5.69 Å². The summed E-state index contributed by atoms with van der Waals surface area (Å²) in [5.41, 5.74) is -0.744. The fourth-order valence-corrected chi connectivity index (χ4v) is 1.61. The van der Waals surface area contributed by atoms with Gasteiger partial charge in [-0.25, -0.2) is 4.98 Å². The van der Waals surface area contributed by atoms with E-state index in [0.717, 1.165) is 6.20 Å². The van der Waals surface area contributed by atoms with E-state index >= 15 is 0 Å². The van der Waals surface area contributed by atoms with E-state index in [0.29, 0.717) is 5.69 Å². The fourth-order valence-electron chi connectivity index (χ4n) is 1.61. The second-order valence-corrected chi connectivity index (χ2v) is 3.81. The van der Waals surface area contributed by atoms with E-state index in [9.17, 15) is 23.3 Å². The lowest BCUT2D eigenvalue weighted by molar-refractivity contribution is -0.384. The van der Waals surface area contributed by atoms with Crippen LogP contribution in [0.5, 0.6) is 0 Å². The highest BCUT2D eigenvalue weighted by atomic mass is 19.4. The molecule has 0 aliphatic carbocycles. The normalized spacial score (nSPS) is 10.8. The molecule has 0 amide bonds. The minimum absolute atomic E-state index is 0.127. The van der Waals surface area contributed by atoms with Crippen LogP contribution in [-0.4, -0.2) is 14.5 Å². The number of halogens is 3. The Hall–Kier alpha value is -2.38. The maximum atomic E-state index is 12.5. The lowest BCUT2D eigenvalue weighted by atomic mass is 10.3. The number of alkyl halides is 3. The Morgan fingerprint density at radius 2 is 1.71 bits per heavy atom. The van der Waals surface area contributed by atoms with Gasteiger partial charge in [0.15, 0.2) is 5.69 Å². The molecule has 0 N–H and O–H groups in total. The first-order valence-corrected chi connectivity index (χ1v) is 6.17. The van der Waals surface area contributed by atoms with Crippen molar-refractivity contribution in [2.75, 3.05) is 0 Å². The number of nitro groups is 1. The molecule has 1 aromatic heterocycles. The molecule has 0 aliphatic heterocycles. The van der Waals surface area contributed by atoms with Crippen LogP contribution >= 0.6 is 0 Å². The molecule has 0 fully saturated rings. The third-order valence-electron chi connectivity index (χ3n) is 2.51. The van der Waals surface area contributed by atoms with Crippen LogP contribution in [0.15, 0.2) is 30.5 Å². The van der Waals surface area contributed by atoms with Crippen molar-refractivity contribution >= 4 is 5.69 Å². The summed E-state index contributed by atoms with van der Waals surface area (Å²) in [7, 11) is 0. The van der Waals surface area contributed by atoms with Gasteiger partial charge in [-0.1, -0.05) is 13.8 Å². The van der Waals surface area contributed by atoms with Crippen LogP contribution in [0.3, 0.4) is 0 Å². The van der Waals surface area contributed by atoms with Gasteiger partial charge in [0.05, 0.1) is 4.92 Å². The Bertz CT molecular complexity index is 619. The van der Waals surface area contributed by atoms with E-state index in [-0.39, 0.29) is 11.5 Å². The van der Waals surface area contributed by atoms with Gasteiger partial charge in [0, 0.05) is 24.0 Å². The summed E-state index contributed by atoms with van der Waals surface area (Å²) in [6.07, 6.45) is -3.66. The molecule has 1 aromatic carbocycles. The lowest BCUT2D eigenvalue weighted by Crippen LogP contribution is -2.04. The maximum Gasteiger partial charge on any atom is 0.434 e. The van der Waals surface area contributed by atoms with Crippen LogP contribution in [0.4, 0.5) is 18.9 Å². The molecule has 1 heterocycles. The van der Waals surface area contributed by atoms with Gasteiger partial charge in [-0.05, 0) is 19.1 Å². The van der Waals surface area contributed by atoms with Crippen molar-refractivity contribution in [3.05, 3.63) is 52.1 Å². The minimum atomic E-state index is -4.52. The second-order valence-electron chi connectivity index (χ2n) is 3.81. The highest BCUT2D eigenvalue weighted by molar-refractivity contribution is 5.42. The van der Waals surface area contributed by atoms with Gasteiger partial charge in [-0.15, -0.1) is 0 Å². The van der Waals surface area contributed by atoms with Crippen LogP contribution in [-0.2, 0) is 6.18 Å². The third-order valence-corrected chi connectivity index (χ3v) is 2.51. The van der Waals surface area contributed by atoms with Crippen molar-refractivity contribution in [2.24, 2.45) is 0 Å². The van der Waals surface area contributed by atoms with Crippen LogP contribution in [0, 0.1) is 17.0 Å². The summed E-state index contributed by atoms with van der Waals surface area (Å²) < 4.78 is 38.7. The highest BCUT2D eigenvalue weighted by Crippen LogP contribution is 2.29. The number of hydrogen-bond acceptors (Lipinski definition) is 3. The second kappa shape index (κ2) is 6.38. The zero-order valence-electron chi connectivity index (χ0n) is 11.7. The topological polar surface area (TPSA) is 61.0 Å². The highest BCUT2D eigenvalue weighted by Gasteiger charge is 2.34. The summed E-state index contributed by atoms with van der Waals surface area (Å²) >= 11 is 0. The van der Waals surface area contributed by atoms with Crippen molar-refractivity contribution in [3.8, 4) is 5.69 Å².